The highest BCUT2D eigenvalue weighted by Crippen LogP contribution is 2.30. The Morgan fingerprint density at radius 2 is 2.00 bits per heavy atom. The van der Waals surface area contributed by atoms with Crippen LogP contribution in [0.2, 0.25) is 0 Å². The van der Waals surface area contributed by atoms with Crippen molar-refractivity contribution in [2.45, 2.75) is 51.6 Å². The minimum atomic E-state index is -0.889. The Bertz CT molecular complexity index is 348. The Balaban J connectivity index is 1.68. The van der Waals surface area contributed by atoms with Gasteiger partial charge in [-0.15, -0.1) is 0 Å². The van der Waals surface area contributed by atoms with Gasteiger partial charge in [-0.2, -0.15) is 0 Å². The highest BCUT2D eigenvalue weighted by Gasteiger charge is 2.27. The van der Waals surface area contributed by atoms with Gasteiger partial charge in [-0.05, 0) is 19.3 Å². The van der Waals surface area contributed by atoms with Crippen molar-refractivity contribution in [3.63, 3.8) is 0 Å². The predicted octanol–water partition coefficient (Wildman–Crippen LogP) is 1.40. The smallest absolute Gasteiger partial charge is 0.222 e. The maximum atomic E-state index is 12.2. The van der Waals surface area contributed by atoms with Gasteiger partial charge in [0.2, 0.25) is 5.91 Å². The minimum absolute atomic E-state index is 0.0438. The summed E-state index contributed by atoms with van der Waals surface area (Å²) in [6.45, 7) is 7.84. The second kappa shape index (κ2) is 8.27. The highest BCUT2D eigenvalue weighted by molar-refractivity contribution is 5.78. The third-order valence-electron chi connectivity index (χ3n) is 4.92. The van der Waals surface area contributed by atoms with E-state index in [0.717, 1.165) is 38.6 Å². The first-order chi connectivity index (χ1) is 10.5. The van der Waals surface area contributed by atoms with E-state index in [2.05, 4.69) is 10.2 Å². The normalized spacial score (nSPS) is 24.9. The number of carbonyl (C=O) groups is 1. The van der Waals surface area contributed by atoms with E-state index < -0.39 is 5.60 Å². The molecule has 0 aromatic rings. The number of nitrogens with one attached hydrogen (secondary N) is 1. The first-order valence-electron chi connectivity index (χ1n) is 8.76. The summed E-state index contributed by atoms with van der Waals surface area (Å²) in [6.07, 6.45) is 6.15. The predicted molar refractivity (Wildman–Crippen MR) is 86.6 cm³/mol. The number of nitrogens with zero attached hydrogens (tertiary/aromatic N) is 1. The number of amides is 1. The molecule has 0 radical (unpaired) electrons. The molecule has 1 aliphatic carbocycles. The van der Waals surface area contributed by atoms with Gasteiger partial charge < -0.3 is 15.2 Å². The fraction of sp³-hybridized carbons (Fsp3) is 0.941. The van der Waals surface area contributed by atoms with E-state index in [1.54, 1.807) is 6.92 Å². The van der Waals surface area contributed by atoms with Gasteiger partial charge in [0.15, 0.2) is 0 Å². The summed E-state index contributed by atoms with van der Waals surface area (Å²) in [5.74, 6) is 0.839. The van der Waals surface area contributed by atoms with E-state index in [1.807, 2.05) is 6.92 Å². The van der Waals surface area contributed by atoms with Crippen LogP contribution in [0.25, 0.3) is 0 Å². The molecule has 5 nitrogen and oxygen atoms in total. The van der Waals surface area contributed by atoms with E-state index in [-0.39, 0.29) is 11.8 Å². The third-order valence-corrected chi connectivity index (χ3v) is 4.92. The second-order valence-corrected chi connectivity index (χ2v) is 7.39. The molecule has 0 aromatic carbocycles. The number of carbonyl (C=O) groups excluding carboxylic acids is 1. The number of hydrogen-bond donors (Lipinski definition) is 2. The molecule has 0 bridgehead atoms. The number of ether oxygens (including phenoxy) is 1. The number of morpholine rings is 1. The molecular formula is C17H32N2O3. The van der Waals surface area contributed by atoms with Crippen LogP contribution in [0, 0.1) is 11.8 Å². The number of hydrogen-bond acceptors (Lipinski definition) is 4. The Hall–Kier alpha value is -0.650. The molecule has 2 fully saturated rings. The topological polar surface area (TPSA) is 61.8 Å². The summed E-state index contributed by atoms with van der Waals surface area (Å²) in [4.78, 5) is 14.4. The van der Waals surface area contributed by atoms with Gasteiger partial charge in [0.05, 0.1) is 18.8 Å². The van der Waals surface area contributed by atoms with Gasteiger partial charge >= 0.3 is 0 Å². The molecule has 22 heavy (non-hydrogen) atoms. The first-order valence-corrected chi connectivity index (χ1v) is 8.76. The van der Waals surface area contributed by atoms with Crippen LogP contribution < -0.4 is 5.32 Å². The molecule has 2 unspecified atom stereocenters. The summed E-state index contributed by atoms with van der Waals surface area (Å²) >= 11 is 0. The first kappa shape index (κ1) is 17.7. The minimum Gasteiger partial charge on any atom is -0.387 e. The summed E-state index contributed by atoms with van der Waals surface area (Å²) in [7, 11) is 0. The molecule has 1 saturated carbocycles. The lowest BCUT2D eigenvalue weighted by Gasteiger charge is -2.34. The fourth-order valence-electron chi connectivity index (χ4n) is 3.60. The van der Waals surface area contributed by atoms with Crippen molar-refractivity contribution in [2.75, 3.05) is 39.4 Å². The van der Waals surface area contributed by atoms with Crippen molar-refractivity contribution in [3.8, 4) is 0 Å². The molecule has 2 aliphatic rings. The zero-order valence-corrected chi connectivity index (χ0v) is 14.1. The van der Waals surface area contributed by atoms with Gasteiger partial charge in [0, 0.05) is 32.1 Å². The molecule has 1 saturated heterocycles. The lowest BCUT2D eigenvalue weighted by molar-refractivity contribution is -0.126. The molecule has 0 aromatic heterocycles. The van der Waals surface area contributed by atoms with Crippen molar-refractivity contribution in [2.24, 2.45) is 11.8 Å². The van der Waals surface area contributed by atoms with Crippen molar-refractivity contribution in [1.29, 1.82) is 0 Å². The quantitative estimate of drug-likeness (QED) is 0.746. The van der Waals surface area contributed by atoms with Crippen molar-refractivity contribution in [1.82, 2.24) is 10.2 Å². The lowest BCUT2D eigenvalue weighted by Crippen LogP contribution is -2.51. The third kappa shape index (κ3) is 5.86. The molecule has 128 valence electrons. The van der Waals surface area contributed by atoms with Gasteiger partial charge in [-0.25, -0.2) is 0 Å². The summed E-state index contributed by atoms with van der Waals surface area (Å²) in [5.41, 5.74) is -0.889. The Morgan fingerprint density at radius 3 is 2.64 bits per heavy atom. The molecule has 2 rings (SSSR count). The maximum absolute atomic E-state index is 12.2. The van der Waals surface area contributed by atoms with Crippen LogP contribution in [0.4, 0.5) is 0 Å². The summed E-state index contributed by atoms with van der Waals surface area (Å²) < 4.78 is 5.31. The standard InChI is InChI=1S/C17H32N2O3/c1-14(11-15-5-3-4-6-15)16(20)18-12-17(2,21)13-19-7-9-22-10-8-19/h14-15,21H,3-13H2,1-2H3,(H,18,20). The van der Waals surface area contributed by atoms with E-state index in [4.69, 9.17) is 4.74 Å². The van der Waals surface area contributed by atoms with E-state index in [1.165, 1.54) is 25.7 Å². The Morgan fingerprint density at radius 1 is 1.36 bits per heavy atom. The SMILES string of the molecule is CC(CC1CCCC1)C(=O)NCC(C)(O)CN1CCOCC1. The molecule has 1 heterocycles. The molecular weight excluding hydrogens is 280 g/mol. The van der Waals surface area contributed by atoms with Crippen LogP contribution in [0.5, 0.6) is 0 Å². The number of aliphatic hydroxyl groups is 1. The van der Waals surface area contributed by atoms with Crippen LogP contribution in [0.15, 0.2) is 0 Å². The van der Waals surface area contributed by atoms with Crippen LogP contribution in [-0.4, -0.2) is 60.9 Å². The van der Waals surface area contributed by atoms with Crippen molar-refractivity contribution in [3.05, 3.63) is 0 Å². The molecule has 2 N–H and O–H groups in total. The number of β-amino-alcohol motifs (C(OH)–C–C–N with tert-alkyl or cyclic N) is 1. The highest BCUT2D eigenvalue weighted by atomic mass is 16.5. The molecule has 1 aliphatic heterocycles. The molecule has 0 spiro atoms. The molecule has 5 heteroatoms. The van der Waals surface area contributed by atoms with Gasteiger partial charge in [0.1, 0.15) is 0 Å². The largest absolute Gasteiger partial charge is 0.387 e. The summed E-state index contributed by atoms with van der Waals surface area (Å²) in [6, 6.07) is 0. The van der Waals surface area contributed by atoms with Gasteiger partial charge in [-0.1, -0.05) is 32.6 Å². The van der Waals surface area contributed by atoms with Gasteiger partial charge in [0.25, 0.3) is 0 Å². The zero-order valence-electron chi connectivity index (χ0n) is 14.1. The average Bonchev–Trinajstić information content (AvgIpc) is 2.98. The van der Waals surface area contributed by atoms with Crippen molar-refractivity contribution >= 4 is 5.91 Å². The van der Waals surface area contributed by atoms with Gasteiger partial charge in [-0.3, -0.25) is 9.69 Å². The van der Waals surface area contributed by atoms with E-state index in [9.17, 15) is 9.90 Å². The van der Waals surface area contributed by atoms with Crippen molar-refractivity contribution < 1.29 is 14.6 Å². The molecule has 2 atom stereocenters. The monoisotopic (exact) mass is 312 g/mol. The fourth-order valence-corrected chi connectivity index (χ4v) is 3.60. The Kier molecular flexibility index (Phi) is 6.66. The van der Waals surface area contributed by atoms with Crippen LogP contribution >= 0.6 is 0 Å². The van der Waals surface area contributed by atoms with Crippen LogP contribution in [0.3, 0.4) is 0 Å². The lowest BCUT2D eigenvalue weighted by atomic mass is 9.94. The van der Waals surface area contributed by atoms with E-state index in [0.29, 0.717) is 13.1 Å². The maximum Gasteiger partial charge on any atom is 0.222 e. The molecule has 1 amide bonds. The zero-order chi connectivity index (χ0) is 16.0. The average molecular weight is 312 g/mol. The Labute approximate surface area is 134 Å². The summed E-state index contributed by atoms with van der Waals surface area (Å²) in [5, 5.41) is 13.4. The van der Waals surface area contributed by atoms with Crippen LogP contribution in [-0.2, 0) is 9.53 Å². The van der Waals surface area contributed by atoms with E-state index >= 15 is 0 Å². The second-order valence-electron chi connectivity index (χ2n) is 7.39. The number of rotatable bonds is 7. The van der Waals surface area contributed by atoms with Crippen LogP contribution in [0.1, 0.15) is 46.0 Å².